The summed E-state index contributed by atoms with van der Waals surface area (Å²) in [5.74, 6) is 1.13. The van der Waals surface area contributed by atoms with Gasteiger partial charge in [-0.1, -0.05) is 13.8 Å². The summed E-state index contributed by atoms with van der Waals surface area (Å²) in [6.07, 6.45) is 5.68. The first-order valence-electron chi connectivity index (χ1n) is 9.68. The van der Waals surface area contributed by atoms with Gasteiger partial charge in [0, 0.05) is 18.8 Å². The van der Waals surface area contributed by atoms with E-state index in [0.717, 1.165) is 42.3 Å². The summed E-state index contributed by atoms with van der Waals surface area (Å²) in [5.41, 5.74) is 5.80. The lowest BCUT2D eigenvalue weighted by atomic mass is 9.99. The number of aryl methyl sites for hydroxylation is 1. The fraction of sp³-hybridized carbons (Fsp3) is 0.550. The zero-order valence-electron chi connectivity index (χ0n) is 15.9. The van der Waals surface area contributed by atoms with Crippen molar-refractivity contribution in [3.63, 3.8) is 0 Å². The molecule has 0 bridgehead atoms. The molecule has 2 N–H and O–H groups in total. The van der Waals surface area contributed by atoms with Crippen molar-refractivity contribution < 1.29 is 14.6 Å². The third kappa shape index (κ3) is 3.15. The molecule has 3 aromatic heterocycles. The topological polar surface area (TPSA) is 95.5 Å². The molecular formula is C20H26N4O3. The minimum Gasteiger partial charge on any atom is -0.432 e. The lowest BCUT2D eigenvalue weighted by Crippen LogP contribution is -2.30. The number of furan rings is 1. The summed E-state index contributed by atoms with van der Waals surface area (Å²) in [6.45, 7) is 5.09. The molecule has 7 nitrogen and oxygen atoms in total. The monoisotopic (exact) mass is 370 g/mol. The minimum atomic E-state index is -0.0299. The Hall–Kier alpha value is -2.25. The minimum absolute atomic E-state index is 0.0299. The summed E-state index contributed by atoms with van der Waals surface area (Å²) in [6, 6.07) is 0. The van der Waals surface area contributed by atoms with Crippen LogP contribution in [0.5, 0.6) is 0 Å². The van der Waals surface area contributed by atoms with Crippen molar-refractivity contribution in [3.8, 4) is 0 Å². The van der Waals surface area contributed by atoms with Gasteiger partial charge in [0.2, 0.25) is 5.71 Å². The third-order valence-electron chi connectivity index (χ3n) is 5.18. The number of pyridine rings is 1. The summed E-state index contributed by atoms with van der Waals surface area (Å²) in [7, 11) is 0. The Morgan fingerprint density at radius 1 is 1.11 bits per heavy atom. The summed E-state index contributed by atoms with van der Waals surface area (Å²) >= 11 is 0. The van der Waals surface area contributed by atoms with Crippen LogP contribution in [0.4, 0.5) is 5.82 Å². The third-order valence-corrected chi connectivity index (χ3v) is 5.18. The highest BCUT2D eigenvalue weighted by atomic mass is 16.3. The van der Waals surface area contributed by atoms with Crippen LogP contribution in [-0.4, -0.2) is 51.5 Å². The van der Waals surface area contributed by atoms with Crippen molar-refractivity contribution in [3.05, 3.63) is 23.1 Å². The average Bonchev–Trinajstić information content (AvgIpc) is 3.24. The molecule has 0 aromatic carbocycles. The van der Waals surface area contributed by atoms with Crippen LogP contribution in [0.3, 0.4) is 0 Å². The summed E-state index contributed by atoms with van der Waals surface area (Å²) in [5, 5.41) is 19.7. The molecule has 0 amide bonds. The van der Waals surface area contributed by atoms with Crippen LogP contribution in [0.2, 0.25) is 0 Å². The molecule has 0 atom stereocenters. The second-order valence-corrected chi connectivity index (χ2v) is 7.56. The number of anilines is 1. The van der Waals surface area contributed by atoms with E-state index in [0.29, 0.717) is 36.1 Å². The summed E-state index contributed by atoms with van der Waals surface area (Å²) < 4.78 is 6.16. The van der Waals surface area contributed by atoms with Gasteiger partial charge in [0.05, 0.1) is 18.6 Å². The van der Waals surface area contributed by atoms with Gasteiger partial charge < -0.3 is 19.5 Å². The Morgan fingerprint density at radius 2 is 1.85 bits per heavy atom. The Kier molecular flexibility index (Phi) is 4.97. The maximum absolute atomic E-state index is 9.37. The molecule has 3 aromatic rings. The van der Waals surface area contributed by atoms with E-state index < -0.39 is 0 Å². The first-order valence-corrected chi connectivity index (χ1v) is 9.68. The van der Waals surface area contributed by atoms with Gasteiger partial charge in [0.25, 0.3) is 0 Å². The molecule has 0 saturated carbocycles. The molecule has 27 heavy (non-hydrogen) atoms. The van der Waals surface area contributed by atoms with Crippen LogP contribution in [-0.2, 0) is 19.3 Å². The van der Waals surface area contributed by atoms with E-state index in [2.05, 4.69) is 23.8 Å². The van der Waals surface area contributed by atoms with Crippen molar-refractivity contribution in [2.75, 3.05) is 31.2 Å². The van der Waals surface area contributed by atoms with Gasteiger partial charge in [-0.15, -0.1) is 0 Å². The smallest absolute Gasteiger partial charge is 0.229 e. The predicted molar refractivity (Wildman–Crippen MR) is 104 cm³/mol. The largest absolute Gasteiger partial charge is 0.432 e. The number of aliphatic hydroxyl groups excluding tert-OH is 2. The Morgan fingerprint density at radius 3 is 2.56 bits per heavy atom. The molecule has 3 heterocycles. The number of hydrogen-bond acceptors (Lipinski definition) is 7. The SMILES string of the molecule is CC(C)Cc1nc2oc3c(N(CCO)CCO)ncnc3c2c2c1CCC2. The molecule has 0 saturated heterocycles. The zero-order chi connectivity index (χ0) is 19.0. The van der Waals surface area contributed by atoms with Gasteiger partial charge in [-0.2, -0.15) is 0 Å². The van der Waals surface area contributed by atoms with Gasteiger partial charge in [0.1, 0.15) is 11.8 Å². The van der Waals surface area contributed by atoms with Crippen molar-refractivity contribution in [2.45, 2.75) is 39.5 Å². The van der Waals surface area contributed by atoms with Gasteiger partial charge >= 0.3 is 0 Å². The van der Waals surface area contributed by atoms with E-state index in [9.17, 15) is 10.2 Å². The van der Waals surface area contributed by atoms with Gasteiger partial charge in [-0.05, 0) is 42.7 Å². The van der Waals surface area contributed by atoms with Crippen molar-refractivity contribution in [2.24, 2.45) is 5.92 Å². The molecule has 1 aliphatic carbocycles. The highest BCUT2D eigenvalue weighted by Gasteiger charge is 2.26. The van der Waals surface area contributed by atoms with Gasteiger partial charge in [-0.25, -0.2) is 15.0 Å². The van der Waals surface area contributed by atoms with Crippen LogP contribution in [0.1, 0.15) is 37.1 Å². The number of rotatable bonds is 7. The van der Waals surface area contributed by atoms with Crippen molar-refractivity contribution in [1.29, 1.82) is 0 Å². The van der Waals surface area contributed by atoms with Gasteiger partial charge in [0.15, 0.2) is 11.4 Å². The molecule has 0 unspecified atom stereocenters. The molecule has 0 spiro atoms. The molecule has 4 rings (SSSR count). The maximum atomic E-state index is 9.37. The molecule has 144 valence electrons. The highest BCUT2D eigenvalue weighted by molar-refractivity contribution is 6.06. The summed E-state index contributed by atoms with van der Waals surface area (Å²) in [4.78, 5) is 15.6. The number of fused-ring (bicyclic) bond motifs is 5. The van der Waals surface area contributed by atoms with Crippen LogP contribution in [0.25, 0.3) is 22.2 Å². The quantitative estimate of drug-likeness (QED) is 0.658. The second kappa shape index (κ2) is 7.40. The second-order valence-electron chi connectivity index (χ2n) is 7.56. The molecule has 1 aliphatic rings. The zero-order valence-corrected chi connectivity index (χ0v) is 15.9. The van der Waals surface area contributed by atoms with Crippen molar-refractivity contribution >= 4 is 28.0 Å². The first kappa shape index (κ1) is 18.1. The Balaban J connectivity index is 1.94. The van der Waals surface area contributed by atoms with E-state index in [4.69, 9.17) is 9.40 Å². The lowest BCUT2D eigenvalue weighted by Gasteiger charge is -2.21. The molecular weight excluding hydrogens is 344 g/mol. The predicted octanol–water partition coefficient (Wildman–Crippen LogP) is 2.25. The lowest BCUT2D eigenvalue weighted by molar-refractivity contribution is 0.280. The van der Waals surface area contributed by atoms with E-state index in [1.165, 1.54) is 17.5 Å². The Bertz CT molecular complexity index is 961. The van der Waals surface area contributed by atoms with Crippen LogP contribution >= 0.6 is 0 Å². The number of nitrogens with zero attached hydrogens (tertiary/aromatic N) is 4. The standard InChI is InChI=1S/C20H26N4O3/c1-12(2)10-15-13-4-3-5-14(13)16-17-18(27-20(16)23-15)19(22-11-21-17)24(6-8-25)7-9-26/h11-12,25-26H,3-10H2,1-2H3. The number of aromatic nitrogens is 3. The molecule has 0 fully saturated rings. The highest BCUT2D eigenvalue weighted by Crippen LogP contribution is 2.39. The Labute approximate surface area is 158 Å². The normalized spacial score (nSPS) is 13.8. The fourth-order valence-corrected chi connectivity index (χ4v) is 4.11. The number of aliphatic hydroxyl groups is 2. The first-order chi connectivity index (χ1) is 13.1. The van der Waals surface area contributed by atoms with Crippen LogP contribution in [0, 0.1) is 5.92 Å². The maximum Gasteiger partial charge on any atom is 0.229 e. The number of hydrogen-bond donors (Lipinski definition) is 2. The van der Waals surface area contributed by atoms with Gasteiger partial charge in [-0.3, -0.25) is 0 Å². The molecule has 0 radical (unpaired) electrons. The van der Waals surface area contributed by atoms with E-state index in [1.807, 2.05) is 4.90 Å². The van der Waals surface area contributed by atoms with E-state index >= 15 is 0 Å². The van der Waals surface area contributed by atoms with E-state index in [-0.39, 0.29) is 13.2 Å². The van der Waals surface area contributed by atoms with Crippen LogP contribution in [0.15, 0.2) is 10.7 Å². The van der Waals surface area contributed by atoms with Crippen LogP contribution < -0.4 is 4.90 Å². The van der Waals surface area contributed by atoms with Crippen molar-refractivity contribution in [1.82, 2.24) is 15.0 Å². The van der Waals surface area contributed by atoms with E-state index in [1.54, 1.807) is 0 Å². The molecule has 7 heteroatoms. The fourth-order valence-electron chi connectivity index (χ4n) is 4.11. The average molecular weight is 370 g/mol. The molecule has 0 aliphatic heterocycles.